The van der Waals surface area contributed by atoms with E-state index < -0.39 is 12.0 Å². The molecule has 0 N–H and O–H groups in total. The fourth-order valence-electron chi connectivity index (χ4n) is 9.12. The third kappa shape index (κ3) is 47.1. The van der Waals surface area contributed by atoms with E-state index in [1.54, 1.807) is 0 Å². The van der Waals surface area contributed by atoms with Crippen LogP contribution in [0.4, 0.5) is 0 Å². The van der Waals surface area contributed by atoms with Crippen LogP contribution in [0.3, 0.4) is 0 Å². The Balaban J connectivity index is 0. The largest absolute Gasteiger partial charge is 1.00 e. The number of carbonyl (C=O) groups is 1. The van der Waals surface area contributed by atoms with Gasteiger partial charge in [0.15, 0.2) is 0 Å². The zero-order valence-corrected chi connectivity index (χ0v) is 41.0. The minimum absolute atomic E-state index is 0. The van der Waals surface area contributed by atoms with Crippen molar-refractivity contribution in [2.24, 2.45) is 0 Å². The Morgan fingerprint density at radius 2 is 0.483 bits per heavy atom. The van der Waals surface area contributed by atoms with Gasteiger partial charge in [0.05, 0.1) is 5.97 Å². The van der Waals surface area contributed by atoms with Gasteiger partial charge in [0.2, 0.25) is 0 Å². The molecule has 342 valence electrons. The van der Waals surface area contributed by atoms with Gasteiger partial charge < -0.3 is 9.90 Å². The average Bonchev–Trinajstić information content (AvgIpc) is 3.21. The van der Waals surface area contributed by atoms with Crippen LogP contribution >= 0.6 is 0 Å². The Morgan fingerprint density at radius 3 is 0.655 bits per heavy atom. The van der Waals surface area contributed by atoms with Gasteiger partial charge >= 0.3 is 18.9 Å². The Kier molecular flexibility index (Phi) is 55.1. The Labute approximate surface area is 379 Å². The summed E-state index contributed by atoms with van der Waals surface area (Å²) in [5, 5.41) is 12.1. The summed E-state index contributed by atoms with van der Waals surface area (Å²) < 4.78 is 0. The van der Waals surface area contributed by atoms with E-state index in [0.717, 1.165) is 45.2 Å². The van der Waals surface area contributed by atoms with Crippen LogP contribution in [-0.4, -0.2) is 30.0 Å². The summed E-state index contributed by atoms with van der Waals surface area (Å²) in [5.41, 5.74) is 0. The summed E-state index contributed by atoms with van der Waals surface area (Å²) >= 11 is 0. The molecular formula is C54H108LiNO2. The molecule has 0 aliphatic carbocycles. The molecule has 0 aromatic rings. The third-order valence-electron chi connectivity index (χ3n) is 13.1. The number of unbranched alkanes of at least 4 members (excludes halogenated alkanes) is 43. The van der Waals surface area contributed by atoms with Gasteiger partial charge in [-0.25, -0.2) is 0 Å². The van der Waals surface area contributed by atoms with Crippen molar-refractivity contribution in [3.05, 3.63) is 0 Å². The van der Waals surface area contributed by atoms with Gasteiger partial charge in [0.1, 0.15) is 0 Å². The van der Waals surface area contributed by atoms with Crippen molar-refractivity contribution in [2.75, 3.05) is 13.1 Å². The Morgan fingerprint density at radius 1 is 0.310 bits per heavy atom. The van der Waals surface area contributed by atoms with E-state index in [1.807, 2.05) is 0 Å². The second-order valence-corrected chi connectivity index (χ2v) is 18.9. The molecule has 0 aromatic carbocycles. The van der Waals surface area contributed by atoms with Gasteiger partial charge in [-0.2, -0.15) is 0 Å². The van der Waals surface area contributed by atoms with E-state index >= 15 is 0 Å². The molecule has 0 aliphatic rings. The maximum atomic E-state index is 12.1. The fourth-order valence-corrected chi connectivity index (χ4v) is 9.12. The van der Waals surface area contributed by atoms with Gasteiger partial charge in [-0.3, -0.25) is 4.90 Å². The second kappa shape index (κ2) is 53.2. The zero-order valence-electron chi connectivity index (χ0n) is 41.0. The van der Waals surface area contributed by atoms with Gasteiger partial charge in [-0.05, 0) is 32.4 Å². The quantitative estimate of drug-likeness (QED) is 0.0454. The molecule has 1 unspecified atom stereocenters. The summed E-state index contributed by atoms with van der Waals surface area (Å²) in [6.45, 7) is 8.63. The van der Waals surface area contributed by atoms with E-state index in [0.29, 0.717) is 0 Å². The SMILES string of the molecule is CCCCCCCCCCCCCCCCCCCCCCCCN(CCCCCCCCCCCCCCCCCCCCCCCC)C(CCCC)C(=O)[O-].[Li+]. The van der Waals surface area contributed by atoms with Crippen molar-refractivity contribution >= 4 is 5.97 Å². The first-order valence-electron chi connectivity index (χ1n) is 27.1. The topological polar surface area (TPSA) is 43.4 Å². The van der Waals surface area contributed by atoms with Crippen molar-refractivity contribution in [1.29, 1.82) is 0 Å². The molecule has 0 fully saturated rings. The molecule has 0 saturated carbocycles. The second-order valence-electron chi connectivity index (χ2n) is 18.9. The zero-order chi connectivity index (χ0) is 41.4. The summed E-state index contributed by atoms with van der Waals surface area (Å²) in [4.78, 5) is 14.4. The first-order valence-corrected chi connectivity index (χ1v) is 27.1. The molecule has 3 nitrogen and oxygen atoms in total. The fraction of sp³-hybridized carbons (Fsp3) is 0.981. The monoisotopic (exact) mass is 810 g/mol. The molecule has 0 rings (SSSR count). The smallest absolute Gasteiger partial charge is 0.548 e. The molecule has 0 radical (unpaired) electrons. The minimum atomic E-state index is -0.846. The predicted octanol–water partition coefficient (Wildman–Crippen LogP) is 14.8. The van der Waals surface area contributed by atoms with E-state index in [2.05, 4.69) is 25.7 Å². The molecular weight excluding hydrogens is 702 g/mol. The van der Waals surface area contributed by atoms with Crippen LogP contribution in [0.25, 0.3) is 0 Å². The van der Waals surface area contributed by atoms with E-state index in [-0.39, 0.29) is 18.9 Å². The number of carboxylic acid groups (broad SMARTS) is 1. The van der Waals surface area contributed by atoms with Crippen molar-refractivity contribution in [3.63, 3.8) is 0 Å². The third-order valence-corrected chi connectivity index (χ3v) is 13.1. The van der Waals surface area contributed by atoms with Crippen LogP contribution in [-0.2, 0) is 4.79 Å². The number of rotatable bonds is 51. The maximum Gasteiger partial charge on any atom is 1.00 e. The first kappa shape index (κ1) is 60.1. The van der Waals surface area contributed by atoms with Crippen LogP contribution in [0.5, 0.6) is 0 Å². The summed E-state index contributed by atoms with van der Waals surface area (Å²) in [6, 6.07) is -0.394. The standard InChI is InChI=1S/C54H109NO2.Li/c1-4-7-10-12-14-16-18-20-22-24-26-28-30-32-34-36-38-40-42-44-46-48-51-55(53(54(56)57)50-9-6-3)52-49-47-45-43-41-39-37-35-33-31-29-27-25-23-21-19-17-15-13-11-8-5-2;/h53H,4-52H2,1-3H3,(H,56,57);/q;+1/p-1. The van der Waals surface area contributed by atoms with E-state index in [9.17, 15) is 9.90 Å². The van der Waals surface area contributed by atoms with Crippen molar-refractivity contribution in [3.8, 4) is 0 Å². The molecule has 0 amide bonds. The molecule has 0 heterocycles. The van der Waals surface area contributed by atoms with Crippen molar-refractivity contribution in [1.82, 2.24) is 4.90 Å². The van der Waals surface area contributed by atoms with E-state index in [1.165, 1.54) is 270 Å². The summed E-state index contributed by atoms with van der Waals surface area (Å²) in [7, 11) is 0. The number of aliphatic carboxylic acids is 1. The molecule has 4 heteroatoms. The Bertz CT molecular complexity index is 699. The maximum absolute atomic E-state index is 12.1. The van der Waals surface area contributed by atoms with Crippen molar-refractivity contribution in [2.45, 2.75) is 329 Å². The predicted molar refractivity (Wildman–Crippen MR) is 254 cm³/mol. The van der Waals surface area contributed by atoms with Crippen LogP contribution in [0.2, 0.25) is 0 Å². The summed E-state index contributed by atoms with van der Waals surface area (Å²) in [6.07, 6.45) is 64.5. The van der Waals surface area contributed by atoms with Gasteiger partial charge in [-0.1, -0.05) is 303 Å². The number of nitrogens with zero attached hydrogens (tertiary/aromatic N) is 1. The summed E-state index contributed by atoms with van der Waals surface area (Å²) in [5.74, 6) is -0.846. The first-order chi connectivity index (χ1) is 28.2. The van der Waals surface area contributed by atoms with Crippen molar-refractivity contribution < 1.29 is 28.8 Å². The van der Waals surface area contributed by atoms with Crippen LogP contribution in [0.15, 0.2) is 0 Å². The molecule has 1 atom stereocenters. The normalized spacial score (nSPS) is 12.1. The number of hydrogen-bond acceptors (Lipinski definition) is 3. The molecule has 0 aromatic heterocycles. The number of hydrogen-bond donors (Lipinski definition) is 0. The minimum Gasteiger partial charge on any atom is -0.548 e. The molecule has 58 heavy (non-hydrogen) atoms. The average molecular weight is 810 g/mol. The van der Waals surface area contributed by atoms with Gasteiger partial charge in [0, 0.05) is 6.04 Å². The molecule has 0 aliphatic heterocycles. The molecule has 0 spiro atoms. The van der Waals surface area contributed by atoms with Gasteiger partial charge in [-0.15, -0.1) is 0 Å². The van der Waals surface area contributed by atoms with Crippen LogP contribution < -0.4 is 24.0 Å². The van der Waals surface area contributed by atoms with Crippen LogP contribution in [0, 0.1) is 0 Å². The van der Waals surface area contributed by atoms with E-state index in [4.69, 9.17) is 0 Å². The number of carbonyl (C=O) groups excluding carboxylic acids is 1. The molecule has 0 saturated heterocycles. The van der Waals surface area contributed by atoms with Crippen LogP contribution in [0.1, 0.15) is 323 Å². The molecule has 0 bridgehead atoms. The van der Waals surface area contributed by atoms with Gasteiger partial charge in [0.25, 0.3) is 0 Å². The number of carboxylic acids is 1. The Hall–Kier alpha value is 0.0274.